The zero-order chi connectivity index (χ0) is 45.8. The maximum Gasteiger partial charge on any atom is 0.352 e. The van der Waals surface area contributed by atoms with Crippen LogP contribution in [0.2, 0.25) is 0 Å². The lowest BCUT2D eigenvalue weighted by Crippen LogP contribution is -2.61. The highest BCUT2D eigenvalue weighted by molar-refractivity contribution is 5.98. The van der Waals surface area contributed by atoms with Crippen LogP contribution >= 0.6 is 0 Å². The first-order valence-electron chi connectivity index (χ1n) is 20.5. The van der Waals surface area contributed by atoms with Gasteiger partial charge < -0.3 is 42.1 Å². The van der Waals surface area contributed by atoms with Crippen LogP contribution in [0.15, 0.2) is 72.4 Å². The fourth-order valence-corrected chi connectivity index (χ4v) is 6.12. The molecule has 0 aliphatic rings. The molecular weight excluding hydrogens is 787 g/mol. The third-order valence-corrected chi connectivity index (χ3v) is 9.63. The van der Waals surface area contributed by atoms with Gasteiger partial charge in [-0.25, -0.2) is 4.79 Å². The van der Waals surface area contributed by atoms with Gasteiger partial charge >= 0.3 is 5.97 Å². The highest BCUT2D eigenvalue weighted by Gasteiger charge is 2.35. The number of ketones is 1. The van der Waals surface area contributed by atoms with Crippen LogP contribution in [0.4, 0.5) is 0 Å². The monoisotopic (exact) mass is 849 g/mol. The molecule has 2 rings (SSSR count). The average molecular weight is 850 g/mol. The van der Waals surface area contributed by atoms with Gasteiger partial charge in [0.1, 0.15) is 29.9 Å². The molecule has 0 spiro atoms. The van der Waals surface area contributed by atoms with E-state index in [1.54, 1.807) is 51.1 Å². The van der Waals surface area contributed by atoms with E-state index >= 15 is 0 Å². The van der Waals surface area contributed by atoms with Crippen molar-refractivity contribution in [3.8, 4) is 0 Å². The molecule has 0 heterocycles. The van der Waals surface area contributed by atoms with Gasteiger partial charge in [0.05, 0.1) is 24.7 Å². The molecule has 0 fully saturated rings. The minimum atomic E-state index is -1.57. The van der Waals surface area contributed by atoms with Gasteiger partial charge in [-0.05, 0) is 56.6 Å². The summed E-state index contributed by atoms with van der Waals surface area (Å²) in [7, 11) is 0. The van der Waals surface area contributed by atoms with Crippen LogP contribution in [-0.2, 0) is 51.2 Å². The molecule has 0 bridgehead atoms. The van der Waals surface area contributed by atoms with Crippen LogP contribution in [0, 0.1) is 11.8 Å². The number of amides is 6. The van der Waals surface area contributed by atoms with Crippen molar-refractivity contribution >= 4 is 47.2 Å². The number of benzene rings is 2. The summed E-state index contributed by atoms with van der Waals surface area (Å²) in [5, 5.41) is 38.2. The van der Waals surface area contributed by atoms with E-state index in [-0.39, 0.29) is 49.8 Å². The van der Waals surface area contributed by atoms with E-state index in [1.807, 2.05) is 44.2 Å². The van der Waals surface area contributed by atoms with Gasteiger partial charge in [-0.3, -0.25) is 38.9 Å². The molecule has 0 saturated heterocycles. The number of carboxylic acids is 1. The molecule has 0 aliphatic heterocycles. The molecule has 2 aromatic carbocycles. The van der Waals surface area contributed by atoms with Gasteiger partial charge in [0.25, 0.3) is 0 Å². The third-order valence-electron chi connectivity index (χ3n) is 9.63. The topological polar surface area (TPSA) is 261 Å². The Morgan fingerprint density at radius 3 is 1.61 bits per heavy atom. The normalized spacial score (nSPS) is 14.9. The molecule has 0 aliphatic carbocycles. The quantitative estimate of drug-likeness (QED) is 0.0638. The van der Waals surface area contributed by atoms with E-state index in [9.17, 15) is 48.6 Å². The lowest BCUT2D eigenvalue weighted by Gasteiger charge is -2.29. The van der Waals surface area contributed by atoms with Gasteiger partial charge in [0.15, 0.2) is 5.78 Å². The lowest BCUT2D eigenvalue weighted by molar-refractivity contribution is -0.136. The molecule has 17 heteroatoms. The summed E-state index contributed by atoms with van der Waals surface area (Å²) < 4.78 is 0. The van der Waals surface area contributed by atoms with Gasteiger partial charge in [-0.15, -0.1) is 0 Å². The second kappa shape index (κ2) is 25.6. The summed E-state index contributed by atoms with van der Waals surface area (Å²) >= 11 is 0. The van der Waals surface area contributed by atoms with Crippen molar-refractivity contribution in [3.63, 3.8) is 0 Å². The fraction of sp³-hybridized carbons (Fsp3) is 0.500. The second-order valence-electron chi connectivity index (χ2n) is 15.6. The summed E-state index contributed by atoms with van der Waals surface area (Å²) in [6.07, 6.45) is 0.397. The number of aliphatic hydroxyl groups is 1. The van der Waals surface area contributed by atoms with E-state index in [4.69, 9.17) is 0 Å². The summed E-state index contributed by atoms with van der Waals surface area (Å²) in [5.74, 6) is -6.49. The Hall–Kier alpha value is -5.94. The maximum atomic E-state index is 14.0. The van der Waals surface area contributed by atoms with Gasteiger partial charge in [0.2, 0.25) is 35.4 Å². The number of carbonyl (C=O) groups is 8. The number of hydrogen-bond acceptors (Lipinski definition) is 10. The minimum absolute atomic E-state index is 0.0269. The fourth-order valence-electron chi connectivity index (χ4n) is 6.12. The summed E-state index contributed by atoms with van der Waals surface area (Å²) in [6, 6.07) is 10.9. The summed E-state index contributed by atoms with van der Waals surface area (Å²) in [5.41, 5.74) is 1.14. The molecule has 0 saturated carbocycles. The van der Waals surface area contributed by atoms with E-state index in [0.717, 1.165) is 5.56 Å². The number of nitrogens with one attached hydrogen (secondary N) is 7. The molecule has 61 heavy (non-hydrogen) atoms. The summed E-state index contributed by atoms with van der Waals surface area (Å²) in [6.45, 7) is 12.4. The third kappa shape index (κ3) is 17.7. The SMILES string of the molecule is CC=C(NC(=O)C(C)NC(=O)C(NC(=O)C(NC(=O)C(Cc1ccccc1)NCC(=O)C(CC(C)C)NC(=O)C(Cc1ccccc1)NC(=O)CC)C(C)O)C(C)C)C(=O)O. The first-order valence-corrected chi connectivity index (χ1v) is 20.5. The maximum absolute atomic E-state index is 14.0. The minimum Gasteiger partial charge on any atom is -0.477 e. The van der Waals surface area contributed by atoms with Gasteiger partial charge in [-0.1, -0.05) is 101 Å². The molecule has 334 valence electrons. The molecule has 6 amide bonds. The van der Waals surface area contributed by atoms with Crippen LogP contribution in [0.25, 0.3) is 0 Å². The first kappa shape index (κ1) is 51.2. The van der Waals surface area contributed by atoms with Crippen molar-refractivity contribution in [2.75, 3.05) is 6.54 Å². The van der Waals surface area contributed by atoms with E-state index in [0.29, 0.717) is 5.56 Å². The number of aliphatic carboxylic acids is 1. The molecule has 7 unspecified atom stereocenters. The number of carbonyl (C=O) groups excluding carboxylic acids is 7. The largest absolute Gasteiger partial charge is 0.477 e. The van der Waals surface area contributed by atoms with E-state index < -0.39 is 89.6 Å². The van der Waals surface area contributed by atoms with Crippen molar-refractivity contribution < 1.29 is 48.6 Å². The highest BCUT2D eigenvalue weighted by atomic mass is 16.4. The smallest absolute Gasteiger partial charge is 0.352 e. The Labute approximate surface area is 357 Å². The predicted molar refractivity (Wildman–Crippen MR) is 228 cm³/mol. The van der Waals surface area contributed by atoms with Crippen LogP contribution < -0.4 is 37.2 Å². The van der Waals surface area contributed by atoms with Crippen LogP contribution in [0.3, 0.4) is 0 Å². The van der Waals surface area contributed by atoms with E-state index in [2.05, 4.69) is 37.2 Å². The zero-order valence-electron chi connectivity index (χ0n) is 36.2. The first-order chi connectivity index (χ1) is 28.8. The number of rotatable bonds is 25. The number of carboxylic acid groups (broad SMARTS) is 1. The van der Waals surface area contributed by atoms with E-state index in [1.165, 1.54) is 26.8 Å². The molecule has 2 aromatic rings. The number of allylic oxidation sites excluding steroid dienone is 1. The van der Waals surface area contributed by atoms with Crippen molar-refractivity contribution in [2.24, 2.45) is 11.8 Å². The van der Waals surface area contributed by atoms with Crippen molar-refractivity contribution in [3.05, 3.63) is 83.6 Å². The van der Waals surface area contributed by atoms with Crippen molar-refractivity contribution in [1.29, 1.82) is 0 Å². The Kier molecular flexibility index (Phi) is 21.5. The molecule has 7 atom stereocenters. The Morgan fingerprint density at radius 1 is 0.623 bits per heavy atom. The average Bonchev–Trinajstić information content (AvgIpc) is 3.21. The lowest BCUT2D eigenvalue weighted by atomic mass is 9.98. The molecule has 0 aromatic heterocycles. The van der Waals surface area contributed by atoms with Crippen molar-refractivity contribution in [2.45, 2.75) is 123 Å². The Balaban J connectivity index is 2.28. The van der Waals surface area contributed by atoms with Crippen LogP contribution in [0.5, 0.6) is 0 Å². The second-order valence-corrected chi connectivity index (χ2v) is 15.6. The molecule has 9 N–H and O–H groups in total. The summed E-state index contributed by atoms with van der Waals surface area (Å²) in [4.78, 5) is 105. The number of hydrogen-bond donors (Lipinski definition) is 9. The highest BCUT2D eigenvalue weighted by Crippen LogP contribution is 2.11. The molecular formula is C44H63N7O10. The predicted octanol–water partition coefficient (Wildman–Crippen LogP) is 1.04. The van der Waals surface area contributed by atoms with Gasteiger partial charge in [0, 0.05) is 12.8 Å². The van der Waals surface area contributed by atoms with Crippen LogP contribution in [0.1, 0.15) is 79.4 Å². The molecule has 0 radical (unpaired) electrons. The zero-order valence-corrected chi connectivity index (χ0v) is 36.2. The molecule has 17 nitrogen and oxygen atoms in total. The standard InChI is InChI=1S/C44H63N7O10/c1-9-31(44(60)61)48-39(55)27(7)46-42(58)37(26(5)6)50-43(59)38(28(8)52)51-40(56)33(22-29-17-13-11-14-18-29)45-24-35(53)32(21-25(3)4)49-41(57)34(47-36(54)10-2)23-30-19-15-12-16-20-30/h9,11-20,25-28,32-34,37-38,45,52H,10,21-24H2,1-8H3,(H,46,58)(H,47,54)(H,48,55)(H,49,57)(H,50,59)(H,51,56)(H,60,61). The van der Waals surface area contributed by atoms with Crippen molar-refractivity contribution in [1.82, 2.24) is 37.2 Å². The number of aliphatic hydroxyl groups excluding tert-OH is 1. The Bertz CT molecular complexity index is 1840. The Morgan fingerprint density at radius 2 is 1.13 bits per heavy atom. The van der Waals surface area contributed by atoms with Gasteiger partial charge in [-0.2, -0.15) is 0 Å². The number of Topliss-reactive ketones (excluding diaryl/α,β-unsaturated/α-hetero) is 1. The van der Waals surface area contributed by atoms with Crippen LogP contribution in [-0.4, -0.2) is 106 Å².